The van der Waals surface area contributed by atoms with Gasteiger partial charge < -0.3 is 14.6 Å². The van der Waals surface area contributed by atoms with Crippen molar-refractivity contribution in [2.75, 3.05) is 12.4 Å². The molecule has 1 aliphatic rings. The molecule has 0 spiro atoms. The number of nitrogens with zero attached hydrogens (tertiary/aromatic N) is 2. The zero-order chi connectivity index (χ0) is 17.4. The molecule has 0 radical (unpaired) electrons. The second-order valence-electron chi connectivity index (χ2n) is 5.90. The summed E-state index contributed by atoms with van der Waals surface area (Å²) < 4.78 is 20.3. The van der Waals surface area contributed by atoms with Crippen LogP contribution in [0.15, 0.2) is 54.9 Å². The molecule has 0 aliphatic carbocycles. The van der Waals surface area contributed by atoms with Crippen molar-refractivity contribution < 1.29 is 13.9 Å². The molecule has 126 valence electrons. The Labute approximate surface area is 144 Å². The number of nitrogens with one attached hydrogen (secondary N) is 1. The summed E-state index contributed by atoms with van der Waals surface area (Å²) in [6.45, 7) is 0. The Morgan fingerprint density at radius 3 is 2.56 bits per heavy atom. The third-order valence-electron chi connectivity index (χ3n) is 4.40. The molecule has 2 aromatic carbocycles. The van der Waals surface area contributed by atoms with Gasteiger partial charge in [0, 0.05) is 18.0 Å². The lowest BCUT2D eigenvalue weighted by Crippen LogP contribution is -2.25. The van der Waals surface area contributed by atoms with Crippen LogP contribution in [-0.2, 0) is 4.79 Å². The smallest absolute Gasteiger partial charge is 0.226 e. The van der Waals surface area contributed by atoms with E-state index in [1.54, 1.807) is 25.6 Å². The van der Waals surface area contributed by atoms with Crippen LogP contribution in [-0.4, -0.2) is 22.6 Å². The minimum atomic E-state index is -0.294. The molecule has 0 saturated heterocycles. The fraction of sp³-hybridized carbons (Fsp3) is 0.158. The summed E-state index contributed by atoms with van der Waals surface area (Å²) in [7, 11) is 1.62. The molecule has 5 nitrogen and oxygen atoms in total. The van der Waals surface area contributed by atoms with E-state index in [2.05, 4.69) is 10.3 Å². The number of anilines is 1. The van der Waals surface area contributed by atoms with Gasteiger partial charge in [-0.15, -0.1) is 0 Å². The highest BCUT2D eigenvalue weighted by Gasteiger charge is 2.31. The van der Waals surface area contributed by atoms with Crippen molar-refractivity contribution in [3.8, 4) is 11.4 Å². The molecule has 3 aromatic rings. The van der Waals surface area contributed by atoms with Crippen molar-refractivity contribution in [2.45, 2.75) is 12.3 Å². The van der Waals surface area contributed by atoms with Crippen molar-refractivity contribution in [1.82, 2.24) is 9.55 Å². The number of hydrogen-bond acceptors (Lipinski definition) is 3. The quantitative estimate of drug-likeness (QED) is 0.796. The normalized spacial score (nSPS) is 16.2. The van der Waals surface area contributed by atoms with E-state index in [1.807, 2.05) is 28.8 Å². The van der Waals surface area contributed by atoms with E-state index in [0.717, 1.165) is 22.7 Å². The molecule has 1 aliphatic heterocycles. The Balaban J connectivity index is 1.82. The van der Waals surface area contributed by atoms with Gasteiger partial charge in [0.15, 0.2) is 5.82 Å². The Hall–Kier alpha value is -3.15. The predicted molar refractivity (Wildman–Crippen MR) is 91.6 cm³/mol. The standard InChI is InChI=1S/C19H16FN3O2/c1-25-15-8-2-12(3-9-15)16-10-17(24)22-19-18(16)23(11-21-19)14-6-4-13(20)5-7-14/h2-9,11,16H,10H2,1H3,(H,22,24)/t16-/m0/s1. The lowest BCUT2D eigenvalue weighted by atomic mass is 9.89. The highest BCUT2D eigenvalue weighted by molar-refractivity contribution is 5.94. The summed E-state index contributed by atoms with van der Waals surface area (Å²) in [5.74, 6) is 0.801. The van der Waals surface area contributed by atoms with E-state index in [4.69, 9.17) is 4.74 Å². The van der Waals surface area contributed by atoms with Crippen molar-refractivity contribution in [2.24, 2.45) is 0 Å². The number of imidazole rings is 1. The molecule has 1 amide bonds. The second kappa shape index (κ2) is 6.05. The number of methoxy groups -OCH3 is 1. The molecule has 0 bridgehead atoms. The summed E-state index contributed by atoms with van der Waals surface area (Å²) in [6.07, 6.45) is 1.98. The van der Waals surface area contributed by atoms with Crippen LogP contribution >= 0.6 is 0 Å². The lowest BCUT2D eigenvalue weighted by molar-refractivity contribution is -0.116. The fourth-order valence-electron chi connectivity index (χ4n) is 3.17. The Bertz CT molecular complexity index is 917. The molecule has 2 heterocycles. The van der Waals surface area contributed by atoms with Gasteiger partial charge in [0.1, 0.15) is 17.9 Å². The maximum atomic E-state index is 13.2. The van der Waals surface area contributed by atoms with E-state index in [0.29, 0.717) is 12.2 Å². The monoisotopic (exact) mass is 337 g/mol. The van der Waals surface area contributed by atoms with Gasteiger partial charge in [0.25, 0.3) is 0 Å². The van der Waals surface area contributed by atoms with E-state index in [1.165, 1.54) is 12.1 Å². The number of amides is 1. The minimum absolute atomic E-state index is 0.0716. The molecular formula is C19H16FN3O2. The zero-order valence-corrected chi connectivity index (χ0v) is 13.6. The van der Waals surface area contributed by atoms with E-state index < -0.39 is 0 Å². The van der Waals surface area contributed by atoms with E-state index >= 15 is 0 Å². The van der Waals surface area contributed by atoms with Crippen LogP contribution in [0.1, 0.15) is 23.6 Å². The predicted octanol–water partition coefficient (Wildman–Crippen LogP) is 3.49. The molecular weight excluding hydrogens is 321 g/mol. The molecule has 0 unspecified atom stereocenters. The SMILES string of the molecule is COc1ccc([C@@H]2CC(=O)Nc3ncn(-c4ccc(F)cc4)c32)cc1. The number of carbonyl (C=O) groups is 1. The first kappa shape index (κ1) is 15.4. The Morgan fingerprint density at radius 2 is 1.88 bits per heavy atom. The number of rotatable bonds is 3. The summed E-state index contributed by atoms with van der Waals surface area (Å²) in [4.78, 5) is 16.4. The number of hydrogen-bond donors (Lipinski definition) is 1. The molecule has 1 N–H and O–H groups in total. The van der Waals surface area contributed by atoms with Crippen molar-refractivity contribution in [3.05, 3.63) is 71.9 Å². The fourth-order valence-corrected chi connectivity index (χ4v) is 3.17. The number of benzene rings is 2. The number of halogens is 1. The molecule has 25 heavy (non-hydrogen) atoms. The van der Waals surface area contributed by atoms with Crippen LogP contribution in [0, 0.1) is 5.82 Å². The third-order valence-corrected chi connectivity index (χ3v) is 4.40. The third kappa shape index (κ3) is 2.76. The van der Waals surface area contributed by atoms with Crippen molar-refractivity contribution in [1.29, 1.82) is 0 Å². The maximum absolute atomic E-state index is 13.2. The lowest BCUT2D eigenvalue weighted by Gasteiger charge is -2.25. The van der Waals surface area contributed by atoms with Crippen LogP contribution in [0.3, 0.4) is 0 Å². The van der Waals surface area contributed by atoms with Gasteiger partial charge in [0.05, 0.1) is 12.8 Å². The number of carbonyl (C=O) groups excluding carboxylic acids is 1. The molecule has 0 fully saturated rings. The highest BCUT2D eigenvalue weighted by atomic mass is 19.1. The first-order valence-electron chi connectivity index (χ1n) is 7.92. The molecule has 0 saturated carbocycles. The summed E-state index contributed by atoms with van der Waals surface area (Å²) >= 11 is 0. The topological polar surface area (TPSA) is 56.1 Å². The van der Waals surface area contributed by atoms with Crippen LogP contribution in [0.4, 0.5) is 10.2 Å². The maximum Gasteiger partial charge on any atom is 0.226 e. The van der Waals surface area contributed by atoms with Crippen molar-refractivity contribution >= 4 is 11.7 Å². The highest BCUT2D eigenvalue weighted by Crippen LogP contribution is 2.38. The molecule has 1 aromatic heterocycles. The molecule has 1 atom stereocenters. The number of ether oxygens (including phenoxy) is 1. The average molecular weight is 337 g/mol. The van der Waals surface area contributed by atoms with Gasteiger partial charge in [-0.1, -0.05) is 12.1 Å². The minimum Gasteiger partial charge on any atom is -0.497 e. The van der Waals surface area contributed by atoms with Gasteiger partial charge in [0.2, 0.25) is 5.91 Å². The van der Waals surface area contributed by atoms with E-state index in [-0.39, 0.29) is 17.6 Å². The number of fused-ring (bicyclic) bond motifs is 1. The average Bonchev–Trinajstić information content (AvgIpc) is 3.05. The zero-order valence-electron chi connectivity index (χ0n) is 13.6. The van der Waals surface area contributed by atoms with Gasteiger partial charge in [-0.05, 0) is 42.0 Å². The first-order valence-corrected chi connectivity index (χ1v) is 7.92. The van der Waals surface area contributed by atoms with Gasteiger partial charge in [-0.25, -0.2) is 9.37 Å². The Kier molecular flexibility index (Phi) is 3.72. The van der Waals surface area contributed by atoms with Crippen molar-refractivity contribution in [3.63, 3.8) is 0 Å². The molecule has 6 heteroatoms. The van der Waals surface area contributed by atoms with Crippen LogP contribution in [0.25, 0.3) is 5.69 Å². The Morgan fingerprint density at radius 1 is 1.16 bits per heavy atom. The van der Waals surface area contributed by atoms with Gasteiger partial charge in [-0.2, -0.15) is 0 Å². The first-order chi connectivity index (χ1) is 12.2. The largest absolute Gasteiger partial charge is 0.497 e. The van der Waals surface area contributed by atoms with Crippen LogP contribution in [0.5, 0.6) is 5.75 Å². The number of aromatic nitrogens is 2. The summed E-state index contributed by atoms with van der Waals surface area (Å²) in [5.41, 5.74) is 2.68. The van der Waals surface area contributed by atoms with Crippen LogP contribution < -0.4 is 10.1 Å². The van der Waals surface area contributed by atoms with E-state index in [9.17, 15) is 9.18 Å². The van der Waals surface area contributed by atoms with Gasteiger partial charge >= 0.3 is 0 Å². The second-order valence-corrected chi connectivity index (χ2v) is 5.90. The van der Waals surface area contributed by atoms with Gasteiger partial charge in [-0.3, -0.25) is 4.79 Å². The summed E-state index contributed by atoms with van der Waals surface area (Å²) in [6, 6.07) is 13.9. The van der Waals surface area contributed by atoms with Crippen LogP contribution in [0.2, 0.25) is 0 Å². The molecule has 4 rings (SSSR count). The summed E-state index contributed by atoms with van der Waals surface area (Å²) in [5, 5.41) is 2.81.